The van der Waals surface area contributed by atoms with Crippen LogP contribution in [0.2, 0.25) is 0 Å². The summed E-state index contributed by atoms with van der Waals surface area (Å²) >= 11 is 0. The van der Waals surface area contributed by atoms with Gasteiger partial charge in [-0.1, -0.05) is 12.1 Å². The fourth-order valence-corrected chi connectivity index (χ4v) is 6.13. The standard InChI is InChI=1S/C33H41FN2O4/c1-4-36(22-23-7-12-31(29(34)17-23)40-16-15-35-13-5-6-14-35)30-21-33(39-3)32(38-2)20-28(30)26-9-8-25-19-27(37)11-10-24(25)18-26/h7,10-12,17,19-21,26,37H,4-6,8-9,13-16,18,22H2,1-3H3/t26-/m1/s1. The highest BCUT2D eigenvalue weighted by Gasteiger charge is 2.26. The molecule has 7 heteroatoms. The summed E-state index contributed by atoms with van der Waals surface area (Å²) in [5, 5.41) is 9.94. The minimum absolute atomic E-state index is 0.281. The second-order valence-corrected chi connectivity index (χ2v) is 10.8. The lowest BCUT2D eigenvalue weighted by Crippen LogP contribution is -2.25. The zero-order chi connectivity index (χ0) is 28.1. The van der Waals surface area contributed by atoms with Crippen LogP contribution in [0.1, 0.15) is 54.4 Å². The van der Waals surface area contributed by atoms with Crippen LogP contribution in [0.5, 0.6) is 23.0 Å². The van der Waals surface area contributed by atoms with Gasteiger partial charge in [-0.2, -0.15) is 0 Å². The third-order valence-electron chi connectivity index (χ3n) is 8.35. The first-order valence-corrected chi connectivity index (χ1v) is 14.4. The van der Waals surface area contributed by atoms with Gasteiger partial charge in [0.15, 0.2) is 23.1 Å². The molecule has 40 heavy (non-hydrogen) atoms. The lowest BCUT2D eigenvalue weighted by molar-refractivity contribution is 0.231. The average Bonchev–Trinajstić information content (AvgIpc) is 3.49. The van der Waals surface area contributed by atoms with E-state index in [4.69, 9.17) is 14.2 Å². The van der Waals surface area contributed by atoms with Crippen LogP contribution in [0.25, 0.3) is 0 Å². The van der Waals surface area contributed by atoms with Gasteiger partial charge < -0.3 is 24.2 Å². The summed E-state index contributed by atoms with van der Waals surface area (Å²) in [4.78, 5) is 4.63. The highest BCUT2D eigenvalue weighted by atomic mass is 19.1. The number of phenolic OH excluding ortho intramolecular Hbond substituents is 1. The zero-order valence-electron chi connectivity index (χ0n) is 23.9. The minimum Gasteiger partial charge on any atom is -0.508 e. The van der Waals surface area contributed by atoms with Crippen molar-refractivity contribution in [3.63, 3.8) is 0 Å². The molecular weight excluding hydrogens is 507 g/mol. The van der Waals surface area contributed by atoms with Gasteiger partial charge in [-0.15, -0.1) is 0 Å². The van der Waals surface area contributed by atoms with Crippen LogP contribution in [0.3, 0.4) is 0 Å². The van der Waals surface area contributed by atoms with Crippen molar-refractivity contribution in [2.75, 3.05) is 51.9 Å². The number of phenols is 1. The van der Waals surface area contributed by atoms with Gasteiger partial charge in [-0.05, 0) is 111 Å². The summed E-state index contributed by atoms with van der Waals surface area (Å²) in [5.41, 5.74) is 5.62. The highest BCUT2D eigenvalue weighted by Crippen LogP contribution is 2.43. The van der Waals surface area contributed by atoms with Gasteiger partial charge in [-0.3, -0.25) is 4.90 Å². The third-order valence-corrected chi connectivity index (χ3v) is 8.35. The first-order chi connectivity index (χ1) is 19.5. The molecule has 5 rings (SSSR count). The van der Waals surface area contributed by atoms with E-state index in [0.29, 0.717) is 36.1 Å². The summed E-state index contributed by atoms with van der Waals surface area (Å²) in [6.45, 7) is 6.96. The van der Waals surface area contributed by atoms with Crippen molar-refractivity contribution in [1.29, 1.82) is 0 Å². The maximum Gasteiger partial charge on any atom is 0.165 e. The Labute approximate surface area is 237 Å². The Kier molecular flexibility index (Phi) is 9.00. The van der Waals surface area contributed by atoms with Gasteiger partial charge in [0.2, 0.25) is 0 Å². The topological polar surface area (TPSA) is 54.4 Å². The Bertz CT molecular complexity index is 1310. The molecule has 1 fully saturated rings. The van der Waals surface area contributed by atoms with Crippen molar-refractivity contribution < 1.29 is 23.7 Å². The molecule has 3 aromatic rings. The lowest BCUT2D eigenvalue weighted by atomic mass is 9.79. The molecule has 1 atom stereocenters. The second kappa shape index (κ2) is 12.8. The molecule has 0 bridgehead atoms. The van der Waals surface area contributed by atoms with E-state index in [1.54, 1.807) is 32.4 Å². The normalized spacial score (nSPS) is 16.9. The van der Waals surface area contributed by atoms with Crippen molar-refractivity contribution in [2.45, 2.75) is 51.5 Å². The van der Waals surface area contributed by atoms with E-state index in [9.17, 15) is 5.11 Å². The van der Waals surface area contributed by atoms with E-state index in [0.717, 1.165) is 56.7 Å². The quantitative estimate of drug-likeness (QED) is 0.303. The molecule has 1 heterocycles. The Balaban J connectivity index is 1.37. The third kappa shape index (κ3) is 6.30. The molecular formula is C33H41FN2O4. The Morgan fingerprint density at radius 1 is 0.950 bits per heavy atom. The van der Waals surface area contributed by atoms with E-state index in [-0.39, 0.29) is 11.7 Å². The predicted molar refractivity (Wildman–Crippen MR) is 157 cm³/mol. The molecule has 0 unspecified atom stereocenters. The molecule has 6 nitrogen and oxygen atoms in total. The highest BCUT2D eigenvalue weighted by molar-refractivity contribution is 5.64. The largest absolute Gasteiger partial charge is 0.508 e. The summed E-state index contributed by atoms with van der Waals surface area (Å²) in [7, 11) is 3.31. The maximum atomic E-state index is 15.1. The number of aryl methyl sites for hydroxylation is 1. The van der Waals surface area contributed by atoms with Crippen LogP contribution in [-0.4, -0.2) is 57.0 Å². The molecule has 0 amide bonds. The molecule has 1 aliphatic heterocycles. The molecule has 214 valence electrons. The number of ether oxygens (including phenoxy) is 3. The second-order valence-electron chi connectivity index (χ2n) is 10.8. The van der Waals surface area contributed by atoms with Crippen molar-refractivity contribution >= 4 is 5.69 Å². The summed E-state index contributed by atoms with van der Waals surface area (Å²) < 4.78 is 32.2. The molecule has 0 spiro atoms. The number of halogens is 1. The molecule has 0 aromatic heterocycles. The lowest BCUT2D eigenvalue weighted by Gasteiger charge is -2.32. The summed E-state index contributed by atoms with van der Waals surface area (Å²) in [6.07, 6.45) is 5.22. The van der Waals surface area contributed by atoms with Crippen LogP contribution in [-0.2, 0) is 19.4 Å². The number of hydrogen-bond acceptors (Lipinski definition) is 6. The van der Waals surface area contributed by atoms with E-state index in [1.807, 2.05) is 18.2 Å². The van der Waals surface area contributed by atoms with Crippen LogP contribution in [0.4, 0.5) is 10.1 Å². The number of rotatable bonds is 11. The van der Waals surface area contributed by atoms with E-state index < -0.39 is 0 Å². The van der Waals surface area contributed by atoms with Crippen molar-refractivity contribution in [2.24, 2.45) is 0 Å². The Morgan fingerprint density at radius 3 is 2.45 bits per heavy atom. The van der Waals surface area contributed by atoms with Crippen molar-refractivity contribution in [3.8, 4) is 23.0 Å². The number of fused-ring (bicyclic) bond motifs is 1. The number of hydrogen-bond donors (Lipinski definition) is 1. The number of benzene rings is 3. The van der Waals surface area contributed by atoms with Gasteiger partial charge in [-0.25, -0.2) is 4.39 Å². The molecule has 0 radical (unpaired) electrons. The Morgan fingerprint density at radius 2 is 1.73 bits per heavy atom. The first kappa shape index (κ1) is 28.1. The molecule has 3 aromatic carbocycles. The number of likely N-dealkylation sites (tertiary alicyclic amines) is 1. The van der Waals surface area contributed by atoms with Crippen LogP contribution >= 0.6 is 0 Å². The van der Waals surface area contributed by atoms with Gasteiger partial charge >= 0.3 is 0 Å². The number of nitrogens with zero attached hydrogens (tertiary/aromatic N) is 2. The van der Waals surface area contributed by atoms with Crippen LogP contribution in [0.15, 0.2) is 48.5 Å². The minimum atomic E-state index is -0.324. The fraction of sp³-hybridized carbons (Fsp3) is 0.455. The number of anilines is 1. The fourth-order valence-electron chi connectivity index (χ4n) is 6.13. The van der Waals surface area contributed by atoms with Crippen LogP contribution < -0.4 is 19.1 Å². The number of methoxy groups -OCH3 is 2. The molecule has 1 saturated heterocycles. The molecule has 1 N–H and O–H groups in total. The van der Waals surface area contributed by atoms with Gasteiger partial charge in [0.1, 0.15) is 12.4 Å². The average molecular weight is 549 g/mol. The Hall–Kier alpha value is -3.45. The summed E-state index contributed by atoms with van der Waals surface area (Å²) in [6, 6.07) is 15.1. The summed E-state index contributed by atoms with van der Waals surface area (Å²) in [5.74, 6) is 1.96. The molecule has 2 aliphatic rings. The van der Waals surface area contributed by atoms with Crippen LogP contribution in [0, 0.1) is 5.82 Å². The van der Waals surface area contributed by atoms with Gasteiger partial charge in [0.25, 0.3) is 0 Å². The van der Waals surface area contributed by atoms with E-state index >= 15 is 4.39 Å². The number of aromatic hydroxyl groups is 1. The smallest absolute Gasteiger partial charge is 0.165 e. The first-order valence-electron chi connectivity index (χ1n) is 14.4. The predicted octanol–water partition coefficient (Wildman–Crippen LogP) is 6.32. The van der Waals surface area contributed by atoms with E-state index in [1.165, 1.54) is 29.5 Å². The van der Waals surface area contributed by atoms with Gasteiger partial charge in [0, 0.05) is 31.4 Å². The zero-order valence-corrected chi connectivity index (χ0v) is 23.9. The monoisotopic (exact) mass is 548 g/mol. The van der Waals surface area contributed by atoms with E-state index in [2.05, 4.69) is 28.9 Å². The molecule has 1 aliphatic carbocycles. The van der Waals surface area contributed by atoms with Crippen molar-refractivity contribution in [1.82, 2.24) is 4.90 Å². The SMILES string of the molecule is CCN(Cc1ccc(OCCN2CCCC2)c(F)c1)c1cc(OC)c(OC)cc1[C@@H]1CCc2cc(O)ccc2C1. The maximum absolute atomic E-state index is 15.1. The van der Waals surface area contributed by atoms with Gasteiger partial charge in [0.05, 0.1) is 14.2 Å². The van der Waals surface area contributed by atoms with Crippen molar-refractivity contribution in [3.05, 3.63) is 76.6 Å². The molecule has 0 saturated carbocycles.